The van der Waals surface area contributed by atoms with Crippen molar-refractivity contribution in [2.45, 2.75) is 64.1 Å². The number of aliphatic hydroxyl groups excluding tert-OH is 2. The SMILES string of the molecule is [B]=C[C@@H]1CC(O)[C@H](C/C=C\CCCC(=O)O)[C@H]1/C=C/[C@@H](O)CCc1ccc(Br)c(C)c1. The number of carboxylic acids is 1. The molecule has 0 spiro atoms. The first-order valence-corrected chi connectivity index (χ1v) is 11.8. The Morgan fingerprint density at radius 2 is 2.13 bits per heavy atom. The van der Waals surface area contributed by atoms with Gasteiger partial charge in [0.05, 0.1) is 0 Å². The second-order valence-corrected chi connectivity index (χ2v) is 9.32. The van der Waals surface area contributed by atoms with E-state index in [1.807, 2.05) is 30.4 Å². The van der Waals surface area contributed by atoms with Gasteiger partial charge in [-0.2, -0.15) is 0 Å². The molecule has 1 radical (unpaired) electrons. The monoisotopic (exact) mass is 487 g/mol. The molecule has 6 heteroatoms. The van der Waals surface area contributed by atoms with Crippen LogP contribution >= 0.6 is 15.9 Å². The molecule has 0 saturated heterocycles. The van der Waals surface area contributed by atoms with Crippen LogP contribution in [0.5, 0.6) is 0 Å². The molecule has 1 aromatic rings. The van der Waals surface area contributed by atoms with E-state index in [1.165, 1.54) is 11.1 Å². The summed E-state index contributed by atoms with van der Waals surface area (Å²) in [5.41, 5.74) is 2.38. The summed E-state index contributed by atoms with van der Waals surface area (Å²) >= 11 is 3.51. The van der Waals surface area contributed by atoms with E-state index in [0.717, 1.165) is 17.3 Å². The van der Waals surface area contributed by atoms with Crippen LogP contribution in [0, 0.1) is 24.7 Å². The first-order valence-electron chi connectivity index (χ1n) is 11.0. The van der Waals surface area contributed by atoms with Gasteiger partial charge in [0, 0.05) is 0 Å². The normalized spacial score (nSPS) is 24.7. The Balaban J connectivity index is 1.90. The molecule has 0 bridgehead atoms. The van der Waals surface area contributed by atoms with Crippen LogP contribution in [0.15, 0.2) is 47.0 Å². The molecule has 1 aliphatic carbocycles. The first kappa shape index (κ1) is 25.8. The predicted octanol–water partition coefficient (Wildman–Crippen LogP) is 4.39. The van der Waals surface area contributed by atoms with Gasteiger partial charge in [-0.1, -0.05) is 15.9 Å². The molecule has 1 aromatic carbocycles. The Hall–Kier alpha value is -1.50. The molecule has 0 aromatic heterocycles. The van der Waals surface area contributed by atoms with Crippen molar-refractivity contribution in [2.24, 2.45) is 17.8 Å². The van der Waals surface area contributed by atoms with E-state index in [0.29, 0.717) is 25.7 Å². The summed E-state index contributed by atoms with van der Waals surface area (Å²) in [4.78, 5) is 10.6. The van der Waals surface area contributed by atoms with Crippen molar-refractivity contribution < 1.29 is 20.1 Å². The van der Waals surface area contributed by atoms with E-state index in [2.05, 4.69) is 35.0 Å². The second kappa shape index (κ2) is 13.1. The van der Waals surface area contributed by atoms with E-state index in [-0.39, 0.29) is 24.2 Å². The van der Waals surface area contributed by atoms with Crippen molar-refractivity contribution in [1.82, 2.24) is 0 Å². The minimum atomic E-state index is -0.778. The molecular weight excluding hydrogens is 455 g/mol. The van der Waals surface area contributed by atoms with Gasteiger partial charge in [-0.25, -0.2) is 0 Å². The average molecular weight is 488 g/mol. The minimum absolute atomic E-state index is 0.0399. The van der Waals surface area contributed by atoms with Gasteiger partial charge in [0.1, 0.15) is 0 Å². The summed E-state index contributed by atoms with van der Waals surface area (Å²) in [5.74, 6) is 1.08. The van der Waals surface area contributed by atoms with Crippen LogP contribution in [0.3, 0.4) is 0 Å². The number of aliphatic carboxylic acids is 1. The molecule has 0 heterocycles. The molecular formula is C25H33BBrO4. The number of unbranched alkanes of at least 4 members (excludes halogenated alkanes) is 1. The molecule has 0 amide bonds. The van der Waals surface area contributed by atoms with Gasteiger partial charge < -0.3 is 0 Å². The molecule has 3 N–H and O–H groups in total. The van der Waals surface area contributed by atoms with Crippen LogP contribution in [-0.4, -0.2) is 47.0 Å². The fourth-order valence-electron chi connectivity index (χ4n) is 4.26. The molecule has 1 saturated carbocycles. The standard InChI is InChI=1S/C25H33BBrO4/c1-17-14-18(9-13-23(17)27)8-10-20(28)11-12-21-19(16-26)15-24(29)22(21)6-4-2-3-5-7-25(30)31/h2,4,9,11-14,16,19-22,24,28-29H,3,5-8,10,15H2,1H3,(H,30,31)/b4-2-,12-11+/t19-,20-,21-,22+,24?/m0/s1. The molecule has 1 aliphatic rings. The number of hydrogen-bond donors (Lipinski definition) is 3. The number of allylic oxidation sites excluding steroid dienone is 3. The predicted molar refractivity (Wildman–Crippen MR) is 131 cm³/mol. The van der Waals surface area contributed by atoms with Gasteiger partial charge in [-0.3, -0.25) is 0 Å². The van der Waals surface area contributed by atoms with Gasteiger partial charge in [-0.15, -0.1) is 0 Å². The molecule has 0 aliphatic heterocycles. The maximum atomic E-state index is 10.6. The van der Waals surface area contributed by atoms with E-state index < -0.39 is 18.2 Å². The van der Waals surface area contributed by atoms with E-state index in [4.69, 9.17) is 12.6 Å². The zero-order valence-corrected chi connectivity index (χ0v) is 19.7. The van der Waals surface area contributed by atoms with E-state index in [9.17, 15) is 15.0 Å². The Morgan fingerprint density at radius 3 is 2.81 bits per heavy atom. The number of carbonyl (C=O) groups is 1. The van der Waals surface area contributed by atoms with Crippen LogP contribution in [-0.2, 0) is 11.2 Å². The van der Waals surface area contributed by atoms with Crippen LogP contribution in [0.25, 0.3) is 0 Å². The van der Waals surface area contributed by atoms with E-state index >= 15 is 0 Å². The summed E-state index contributed by atoms with van der Waals surface area (Å²) < 4.78 is 1.09. The number of benzene rings is 1. The molecule has 5 atom stereocenters. The molecule has 1 unspecified atom stereocenters. The molecule has 1 fully saturated rings. The van der Waals surface area contributed by atoms with Gasteiger partial charge in [0.25, 0.3) is 0 Å². The third kappa shape index (κ3) is 8.51. The quantitative estimate of drug-likeness (QED) is 0.232. The first-order chi connectivity index (χ1) is 14.8. The van der Waals surface area contributed by atoms with Crippen molar-refractivity contribution in [2.75, 3.05) is 0 Å². The summed E-state index contributed by atoms with van der Waals surface area (Å²) in [6, 6.07) is 6.24. The molecule has 2 rings (SSSR count). The zero-order chi connectivity index (χ0) is 22.8. The van der Waals surface area contributed by atoms with Crippen LogP contribution in [0.2, 0.25) is 0 Å². The van der Waals surface area contributed by atoms with Crippen LogP contribution in [0.4, 0.5) is 0 Å². The fraction of sp³-hybridized carbons (Fsp3) is 0.520. The number of carboxylic acid groups (broad SMARTS) is 1. The third-order valence-electron chi connectivity index (χ3n) is 6.09. The van der Waals surface area contributed by atoms with Crippen molar-refractivity contribution in [1.29, 1.82) is 0 Å². The third-order valence-corrected chi connectivity index (χ3v) is 6.98. The Morgan fingerprint density at radius 1 is 1.35 bits per heavy atom. The fourth-order valence-corrected chi connectivity index (χ4v) is 4.51. The Bertz CT molecular complexity index is 792. The van der Waals surface area contributed by atoms with E-state index in [1.54, 1.807) is 5.97 Å². The van der Waals surface area contributed by atoms with Crippen molar-refractivity contribution in [3.05, 3.63) is 58.1 Å². The zero-order valence-electron chi connectivity index (χ0n) is 18.2. The number of aliphatic hydroxyl groups is 2. The molecule has 4 nitrogen and oxygen atoms in total. The van der Waals surface area contributed by atoms with Crippen molar-refractivity contribution in [3.63, 3.8) is 0 Å². The Kier molecular flexibility index (Phi) is 10.9. The number of halogens is 1. The number of hydrogen-bond acceptors (Lipinski definition) is 3. The van der Waals surface area contributed by atoms with Crippen LogP contribution < -0.4 is 0 Å². The van der Waals surface area contributed by atoms with Gasteiger partial charge in [0.2, 0.25) is 0 Å². The summed E-state index contributed by atoms with van der Waals surface area (Å²) in [7, 11) is 5.83. The second-order valence-electron chi connectivity index (χ2n) is 8.47. The Labute approximate surface area is 195 Å². The van der Waals surface area contributed by atoms with Gasteiger partial charge >= 0.3 is 179 Å². The topological polar surface area (TPSA) is 77.8 Å². The van der Waals surface area contributed by atoms with Crippen LogP contribution in [0.1, 0.15) is 49.7 Å². The average Bonchev–Trinajstić information content (AvgIpc) is 3.04. The maximum absolute atomic E-state index is 10.6. The number of aryl methyl sites for hydroxylation is 2. The summed E-state index contributed by atoms with van der Waals surface area (Å²) in [5, 5.41) is 29.7. The number of rotatable bonds is 12. The molecule has 167 valence electrons. The van der Waals surface area contributed by atoms with Crippen molar-refractivity contribution in [3.8, 4) is 0 Å². The van der Waals surface area contributed by atoms with Gasteiger partial charge in [-0.05, 0) is 0 Å². The van der Waals surface area contributed by atoms with Gasteiger partial charge in [0.15, 0.2) is 0 Å². The summed E-state index contributed by atoms with van der Waals surface area (Å²) in [6.07, 6.45) is 11.2. The van der Waals surface area contributed by atoms with Crippen molar-refractivity contribution >= 4 is 35.4 Å². The molecule has 31 heavy (non-hydrogen) atoms. The summed E-state index contributed by atoms with van der Waals surface area (Å²) in [6.45, 7) is 2.06.